The normalized spacial score (nSPS) is 12.2. The van der Waals surface area contributed by atoms with Crippen molar-refractivity contribution in [1.29, 1.82) is 0 Å². The first-order valence-electron chi connectivity index (χ1n) is 36.4. The summed E-state index contributed by atoms with van der Waals surface area (Å²) < 4.78 is 15.2. The third kappa shape index (κ3) is 8.86. The van der Waals surface area contributed by atoms with E-state index in [4.69, 9.17) is 0 Å². The molecule has 6 heterocycles. The van der Waals surface area contributed by atoms with Gasteiger partial charge in [0.15, 0.2) is 0 Å². The van der Waals surface area contributed by atoms with E-state index >= 15 is 0 Å². The SMILES string of the molecule is c1ccc2cc(-n3c4ccccc4c4cc(-c5ccc6c(c5)c5ccc7c8ccccc8sc7c5n6-c5cccc6ccccc56)ccc43)ccc2c1.c1ccc2cc(-n3c4ccccc4c4cc(-c5ccc6c(c5)c5ccc7sc8ccccc8c7c5n6-c5cccc6ccccc56)ccc43)ccc2c1. The summed E-state index contributed by atoms with van der Waals surface area (Å²) in [6.45, 7) is 0. The minimum absolute atomic E-state index is 1.18. The Hall–Kier alpha value is -13.4. The van der Waals surface area contributed by atoms with Gasteiger partial charge in [-0.1, -0.05) is 249 Å². The second-order valence-electron chi connectivity index (χ2n) is 28.2. The number of rotatable bonds is 6. The second kappa shape index (κ2) is 23.1. The summed E-state index contributed by atoms with van der Waals surface area (Å²) in [6, 6.07) is 134. The standard InChI is InChI=1S/2C50H30N2S/c1-2-12-33-28-36(23-20-31(33)10-1)51-45-17-7-5-15-38(45)42-29-34(21-26-46(42)51)35-22-27-47-43(30-35)40-24-25-41-39-16-6-8-19-48(39)53-50(41)49(40)52(47)44-18-9-13-32-11-3-4-14-37(32)44;1-2-12-33-28-36(23-20-31(33)10-1)51-44-17-7-5-15-38(44)41-29-34(21-25-45(41)51)35-22-26-46-42(30-35)39-24-27-48-49(40-16-6-8-19-47(40)53-48)50(39)52(46)43-18-9-13-32-11-3-4-14-37(32)43/h2*1-30H. The van der Waals surface area contributed by atoms with Crippen molar-refractivity contribution in [1.82, 2.24) is 18.3 Å². The first kappa shape index (κ1) is 59.2. The van der Waals surface area contributed by atoms with E-state index in [0.717, 1.165) is 0 Å². The maximum absolute atomic E-state index is 2.53. The monoisotopic (exact) mass is 1380 g/mol. The third-order valence-corrected chi connectivity index (χ3v) is 24.9. The van der Waals surface area contributed by atoms with Gasteiger partial charge in [0.1, 0.15) is 0 Å². The molecular weight excluding hydrogens is 1320 g/mol. The number of benzene rings is 18. The van der Waals surface area contributed by atoms with Crippen molar-refractivity contribution in [2.75, 3.05) is 0 Å². The van der Waals surface area contributed by atoms with E-state index in [1.165, 1.54) is 216 Å². The molecule has 0 fully saturated rings. The molecule has 0 atom stereocenters. The molecule has 0 aliphatic carbocycles. The molecule has 18 aromatic carbocycles. The summed E-state index contributed by atoms with van der Waals surface area (Å²) in [7, 11) is 0. The molecule has 0 saturated carbocycles. The summed E-state index contributed by atoms with van der Waals surface area (Å²) in [6.07, 6.45) is 0. The Morgan fingerprint density at radius 3 is 1.08 bits per heavy atom. The van der Waals surface area contributed by atoms with E-state index in [0.29, 0.717) is 0 Å². The van der Waals surface area contributed by atoms with Gasteiger partial charge in [-0.25, -0.2) is 0 Å². The van der Waals surface area contributed by atoms with Gasteiger partial charge in [-0.3, -0.25) is 0 Å². The Balaban J connectivity index is 0.000000129. The highest BCUT2D eigenvalue weighted by Crippen LogP contribution is 2.48. The zero-order chi connectivity index (χ0) is 69.2. The van der Waals surface area contributed by atoms with E-state index in [2.05, 4.69) is 382 Å². The summed E-state index contributed by atoms with van der Waals surface area (Å²) in [5.41, 5.74) is 19.5. The first-order chi connectivity index (χ1) is 52.6. The van der Waals surface area contributed by atoms with E-state index in [1.54, 1.807) is 0 Å². The molecule has 0 saturated heterocycles. The van der Waals surface area contributed by atoms with Gasteiger partial charge in [0, 0.05) is 101 Å². The lowest BCUT2D eigenvalue weighted by Crippen LogP contribution is -1.95. The fourth-order valence-corrected chi connectivity index (χ4v) is 20.1. The van der Waals surface area contributed by atoms with Crippen LogP contribution >= 0.6 is 22.7 Å². The summed E-state index contributed by atoms with van der Waals surface area (Å²) in [4.78, 5) is 0. The summed E-state index contributed by atoms with van der Waals surface area (Å²) >= 11 is 3.78. The molecule has 0 bridgehead atoms. The van der Waals surface area contributed by atoms with Crippen LogP contribution in [0, 0.1) is 0 Å². The average molecular weight is 1380 g/mol. The second-order valence-corrected chi connectivity index (χ2v) is 30.4. The topological polar surface area (TPSA) is 19.7 Å². The molecule has 0 N–H and O–H groups in total. The van der Waals surface area contributed by atoms with Gasteiger partial charge in [0.2, 0.25) is 0 Å². The molecular formula is C100H60N4S2. The van der Waals surface area contributed by atoms with Gasteiger partial charge in [0.25, 0.3) is 0 Å². The fourth-order valence-electron chi connectivity index (χ4n) is 17.8. The highest BCUT2D eigenvalue weighted by Gasteiger charge is 2.24. The summed E-state index contributed by atoms with van der Waals surface area (Å²) in [5, 5.41) is 25.4. The molecule has 6 aromatic heterocycles. The van der Waals surface area contributed by atoms with Crippen molar-refractivity contribution in [3.05, 3.63) is 364 Å². The van der Waals surface area contributed by atoms with E-state index < -0.39 is 0 Å². The number of fused-ring (bicyclic) bond motifs is 24. The minimum Gasteiger partial charge on any atom is -0.309 e. The fraction of sp³-hybridized carbons (Fsp3) is 0. The molecule has 4 nitrogen and oxygen atoms in total. The highest BCUT2D eigenvalue weighted by atomic mass is 32.1. The minimum atomic E-state index is 1.18. The van der Waals surface area contributed by atoms with E-state index in [-0.39, 0.29) is 0 Å². The number of nitrogens with zero attached hydrogens (tertiary/aromatic N) is 4. The number of thiophene rings is 2. The number of hydrogen-bond acceptors (Lipinski definition) is 2. The van der Waals surface area contributed by atoms with Crippen molar-refractivity contribution in [2.45, 2.75) is 0 Å². The maximum Gasteiger partial charge on any atom is 0.0720 e. The molecule has 492 valence electrons. The van der Waals surface area contributed by atoms with Crippen molar-refractivity contribution < 1.29 is 0 Å². The molecule has 0 spiro atoms. The lowest BCUT2D eigenvalue weighted by molar-refractivity contribution is 1.19. The molecule has 0 radical (unpaired) electrons. The highest BCUT2D eigenvalue weighted by molar-refractivity contribution is 7.27. The Morgan fingerprint density at radius 1 is 0.179 bits per heavy atom. The van der Waals surface area contributed by atoms with Gasteiger partial charge in [0.05, 0.1) is 60.2 Å². The lowest BCUT2D eigenvalue weighted by atomic mass is 10.00. The predicted octanol–water partition coefficient (Wildman–Crippen LogP) is 28.4. The van der Waals surface area contributed by atoms with Crippen LogP contribution in [-0.4, -0.2) is 18.3 Å². The Labute approximate surface area is 616 Å². The van der Waals surface area contributed by atoms with Crippen LogP contribution in [0.5, 0.6) is 0 Å². The van der Waals surface area contributed by atoms with E-state index in [1.807, 2.05) is 22.7 Å². The molecule has 6 heteroatoms. The molecule has 0 amide bonds. The molecule has 0 aliphatic rings. The quantitative estimate of drug-likeness (QED) is 0.158. The van der Waals surface area contributed by atoms with Gasteiger partial charge in [-0.05, 0) is 170 Å². The van der Waals surface area contributed by atoms with Gasteiger partial charge in [-0.15, -0.1) is 22.7 Å². The van der Waals surface area contributed by atoms with Crippen LogP contribution in [0.1, 0.15) is 0 Å². The predicted molar refractivity (Wildman–Crippen MR) is 457 cm³/mol. The van der Waals surface area contributed by atoms with Crippen LogP contribution < -0.4 is 0 Å². The molecule has 0 aliphatic heterocycles. The van der Waals surface area contributed by atoms with Crippen molar-refractivity contribution in [2.24, 2.45) is 0 Å². The van der Waals surface area contributed by atoms with Crippen LogP contribution in [0.25, 0.3) is 216 Å². The molecule has 106 heavy (non-hydrogen) atoms. The van der Waals surface area contributed by atoms with Crippen molar-refractivity contribution >= 4 is 193 Å². The third-order valence-electron chi connectivity index (χ3n) is 22.5. The Kier molecular flexibility index (Phi) is 12.9. The van der Waals surface area contributed by atoms with Gasteiger partial charge < -0.3 is 18.3 Å². The largest absolute Gasteiger partial charge is 0.309 e. The Morgan fingerprint density at radius 2 is 0.547 bits per heavy atom. The maximum atomic E-state index is 2.53. The average Bonchev–Trinajstić information content (AvgIpc) is 1.56. The van der Waals surface area contributed by atoms with Gasteiger partial charge >= 0.3 is 0 Å². The van der Waals surface area contributed by atoms with E-state index in [9.17, 15) is 0 Å². The van der Waals surface area contributed by atoms with Crippen molar-refractivity contribution in [3.63, 3.8) is 0 Å². The smallest absolute Gasteiger partial charge is 0.0720 e. The summed E-state index contributed by atoms with van der Waals surface area (Å²) in [5.74, 6) is 0. The number of para-hydroxylation sites is 2. The Bertz CT molecular complexity index is 7840. The van der Waals surface area contributed by atoms with Crippen LogP contribution in [0.2, 0.25) is 0 Å². The zero-order valence-electron chi connectivity index (χ0n) is 57.2. The lowest BCUT2D eigenvalue weighted by Gasteiger charge is -2.13. The molecule has 24 rings (SSSR count). The van der Waals surface area contributed by atoms with Crippen LogP contribution in [0.15, 0.2) is 364 Å². The van der Waals surface area contributed by atoms with Crippen molar-refractivity contribution in [3.8, 4) is 45.0 Å². The first-order valence-corrected chi connectivity index (χ1v) is 38.0. The zero-order valence-corrected chi connectivity index (χ0v) is 58.9. The number of hydrogen-bond donors (Lipinski definition) is 0. The number of aromatic nitrogens is 4. The molecule has 24 aromatic rings. The van der Waals surface area contributed by atoms with Crippen LogP contribution in [0.4, 0.5) is 0 Å². The molecule has 0 unspecified atom stereocenters. The van der Waals surface area contributed by atoms with Crippen LogP contribution in [-0.2, 0) is 0 Å². The van der Waals surface area contributed by atoms with Crippen LogP contribution in [0.3, 0.4) is 0 Å². The van der Waals surface area contributed by atoms with Gasteiger partial charge in [-0.2, -0.15) is 0 Å².